The molecule has 9 atom stereocenters. The first-order valence-electron chi connectivity index (χ1n) is 22.1. The predicted molar refractivity (Wildman–Crippen MR) is 226 cm³/mol. The summed E-state index contributed by atoms with van der Waals surface area (Å²) in [6.07, 6.45) is 7.36. The van der Waals surface area contributed by atoms with E-state index in [4.69, 9.17) is 33.8 Å². The molecule has 0 unspecified atom stereocenters. The van der Waals surface area contributed by atoms with Crippen molar-refractivity contribution >= 4 is 32.0 Å². The number of aliphatic hydroxyl groups is 1. The molecule has 1 aromatic heterocycles. The quantitative estimate of drug-likeness (QED) is 0.0538. The van der Waals surface area contributed by atoms with E-state index in [0.717, 1.165) is 48.8 Å². The molecule has 3 amide bonds. The van der Waals surface area contributed by atoms with Crippen LogP contribution in [-0.4, -0.2) is 109 Å². The highest BCUT2D eigenvalue weighted by molar-refractivity contribution is 6.69. The molecule has 0 bridgehead atoms. The highest BCUT2D eigenvalue weighted by Gasteiger charge is 2.54. The van der Waals surface area contributed by atoms with Gasteiger partial charge in [0.25, 0.3) is 11.5 Å². The van der Waals surface area contributed by atoms with Crippen LogP contribution in [0.15, 0.2) is 33.7 Å². The van der Waals surface area contributed by atoms with Crippen molar-refractivity contribution in [3.05, 3.63) is 44.9 Å². The van der Waals surface area contributed by atoms with Crippen molar-refractivity contribution in [2.75, 3.05) is 13.7 Å². The fourth-order valence-electron chi connectivity index (χ4n) is 7.80. The molecule has 4 rings (SSSR count). The van der Waals surface area contributed by atoms with Gasteiger partial charge in [-0.15, -0.1) is 0 Å². The average molecular weight is 880 g/mol. The molecule has 2 saturated heterocycles. The number of aliphatic hydroxyl groups excluding tert-OH is 1. The molecule has 3 aliphatic heterocycles. The molecule has 19 heteroatoms. The van der Waals surface area contributed by atoms with Crippen LogP contribution in [-0.2, 0) is 47.3 Å². The lowest BCUT2D eigenvalue weighted by molar-refractivity contribution is -0.244. The summed E-state index contributed by atoms with van der Waals surface area (Å²) in [6.45, 7) is 8.37. The summed E-state index contributed by atoms with van der Waals surface area (Å²) in [5.74, 6) is -3.36. The van der Waals surface area contributed by atoms with Crippen LogP contribution < -0.4 is 27.6 Å². The van der Waals surface area contributed by atoms with Crippen LogP contribution >= 0.6 is 0 Å². The Labute approximate surface area is 359 Å². The van der Waals surface area contributed by atoms with Gasteiger partial charge in [0, 0.05) is 38.4 Å². The standard InChI is InChI=1S/C42H69N5O13Si/c1-6-7-8-9-10-11-12-13-14-15-16-17-18-22-31(49)56-28-26-29(39(53)45-27-21-19-20-24-44-38(27)52)57-41(32(28)50)59-35(37(43)51)34-33(55-2)36(60-61(3,4)5)40(58-34)47-25-23-30(48)46-42(47)54/h23,25-28,32-36,40-41,50H,6-22,24H2,1-5H3,(H2,43,51)(H,44,52)(H,45,53)(H,46,48,54)/t27-,28-,32-,33+,34-,35+,36+,40+,41+/m0/s1. The molecule has 4 heterocycles. The number of hydrogen-bond acceptors (Lipinski definition) is 13. The van der Waals surface area contributed by atoms with Crippen molar-refractivity contribution in [2.24, 2.45) is 5.73 Å². The lowest BCUT2D eigenvalue weighted by atomic mass is 10.0. The van der Waals surface area contributed by atoms with Crippen molar-refractivity contribution in [1.82, 2.24) is 20.2 Å². The van der Waals surface area contributed by atoms with Gasteiger partial charge in [-0.05, 0) is 45.3 Å². The van der Waals surface area contributed by atoms with Crippen LogP contribution in [0.2, 0.25) is 19.6 Å². The molecule has 344 valence electrons. The Morgan fingerprint density at radius 3 is 2.20 bits per heavy atom. The molecular weight excluding hydrogens is 811 g/mol. The smallest absolute Gasteiger partial charge is 0.330 e. The Morgan fingerprint density at radius 1 is 0.967 bits per heavy atom. The monoisotopic (exact) mass is 879 g/mol. The first kappa shape index (κ1) is 49.8. The first-order valence-corrected chi connectivity index (χ1v) is 25.5. The molecule has 0 aliphatic carbocycles. The number of nitrogens with zero attached hydrogens (tertiary/aromatic N) is 1. The van der Waals surface area contributed by atoms with E-state index in [1.165, 1.54) is 64.7 Å². The molecule has 1 aromatic rings. The first-order chi connectivity index (χ1) is 29.1. The summed E-state index contributed by atoms with van der Waals surface area (Å²) in [5, 5.41) is 17.0. The number of methoxy groups -OCH3 is 1. The number of primary amides is 1. The third-order valence-corrected chi connectivity index (χ3v) is 11.9. The van der Waals surface area contributed by atoms with Gasteiger partial charge in [0.1, 0.15) is 24.4 Å². The van der Waals surface area contributed by atoms with Gasteiger partial charge in [-0.25, -0.2) is 4.79 Å². The van der Waals surface area contributed by atoms with Crippen LogP contribution in [0.5, 0.6) is 0 Å². The maximum Gasteiger partial charge on any atom is 0.330 e. The number of esters is 1. The molecule has 0 aromatic carbocycles. The van der Waals surface area contributed by atoms with E-state index in [2.05, 4.69) is 22.5 Å². The number of hydrogen-bond donors (Lipinski definition) is 5. The summed E-state index contributed by atoms with van der Waals surface area (Å²) in [4.78, 5) is 79.8. The molecule has 2 fully saturated rings. The molecule has 18 nitrogen and oxygen atoms in total. The van der Waals surface area contributed by atoms with Crippen LogP contribution in [0.3, 0.4) is 0 Å². The maximum atomic E-state index is 13.7. The Hall–Kier alpha value is -3.88. The van der Waals surface area contributed by atoms with E-state index < -0.39 is 98.3 Å². The third-order valence-electron chi connectivity index (χ3n) is 11.0. The van der Waals surface area contributed by atoms with Crippen LogP contribution in [0.4, 0.5) is 0 Å². The van der Waals surface area contributed by atoms with Crippen LogP contribution in [0, 0.1) is 0 Å². The average Bonchev–Trinajstić information content (AvgIpc) is 3.40. The summed E-state index contributed by atoms with van der Waals surface area (Å²) < 4.78 is 37.2. The topological polar surface area (TPSA) is 249 Å². The van der Waals surface area contributed by atoms with Gasteiger partial charge in [-0.1, -0.05) is 84.0 Å². The minimum atomic E-state index is -2.43. The minimum absolute atomic E-state index is 0.0598. The van der Waals surface area contributed by atoms with Gasteiger partial charge < -0.3 is 49.6 Å². The number of amides is 3. The highest BCUT2D eigenvalue weighted by Crippen LogP contribution is 2.37. The summed E-state index contributed by atoms with van der Waals surface area (Å²) in [7, 11) is -1.09. The number of nitrogens with one attached hydrogen (secondary N) is 3. The predicted octanol–water partition coefficient (Wildman–Crippen LogP) is 3.32. The maximum absolute atomic E-state index is 13.7. The number of carbonyl (C=O) groups excluding carboxylic acids is 4. The number of aromatic amines is 1. The Kier molecular flexibility index (Phi) is 20.1. The Balaban J connectivity index is 1.47. The molecule has 6 N–H and O–H groups in total. The van der Waals surface area contributed by atoms with Gasteiger partial charge >= 0.3 is 11.7 Å². The summed E-state index contributed by atoms with van der Waals surface area (Å²) >= 11 is 0. The molecule has 0 spiro atoms. The summed E-state index contributed by atoms with van der Waals surface area (Å²) in [5.41, 5.74) is 4.44. The van der Waals surface area contributed by atoms with Crippen LogP contribution in [0.1, 0.15) is 122 Å². The minimum Gasteiger partial charge on any atom is -0.456 e. The molecular formula is C42H69N5O13Si. The zero-order chi connectivity index (χ0) is 44.5. The molecule has 3 aliphatic rings. The van der Waals surface area contributed by atoms with E-state index in [1.807, 2.05) is 19.6 Å². The van der Waals surface area contributed by atoms with E-state index in [-0.39, 0.29) is 12.3 Å². The second-order valence-corrected chi connectivity index (χ2v) is 21.6. The number of rotatable bonds is 25. The lowest BCUT2D eigenvalue weighted by Gasteiger charge is -2.36. The van der Waals surface area contributed by atoms with E-state index in [0.29, 0.717) is 25.8 Å². The Bertz CT molecular complexity index is 1730. The fourth-order valence-corrected chi connectivity index (χ4v) is 8.86. The highest BCUT2D eigenvalue weighted by atomic mass is 28.4. The van der Waals surface area contributed by atoms with Crippen molar-refractivity contribution < 1.29 is 52.4 Å². The summed E-state index contributed by atoms with van der Waals surface area (Å²) in [6, 6.07) is 0.240. The SMILES string of the molecule is CCCCCCCCCCCCCCCC(=O)O[C@H]1C=C(C(=O)N[C@H]2CCCCNC2=O)O[C@H](O[C@@H](C(N)=O)[C@H]2O[C@@H](n3ccc(=O)[nH]c3=O)[C@H](O[Si](C)(C)C)[C@@H]2OC)[C@H]1O. The number of aromatic nitrogens is 2. The third kappa shape index (κ3) is 15.5. The lowest BCUT2D eigenvalue weighted by Crippen LogP contribution is -2.55. The Morgan fingerprint density at radius 2 is 1.61 bits per heavy atom. The van der Waals surface area contributed by atoms with Crippen molar-refractivity contribution in [3.8, 4) is 0 Å². The number of ether oxygens (including phenoxy) is 5. The van der Waals surface area contributed by atoms with E-state index >= 15 is 0 Å². The largest absolute Gasteiger partial charge is 0.456 e. The molecule has 0 saturated carbocycles. The normalized spacial score (nSPS) is 26.1. The van der Waals surface area contributed by atoms with Crippen LogP contribution in [0.25, 0.3) is 0 Å². The van der Waals surface area contributed by atoms with Crippen molar-refractivity contribution in [3.63, 3.8) is 0 Å². The molecule has 61 heavy (non-hydrogen) atoms. The van der Waals surface area contributed by atoms with E-state index in [1.54, 1.807) is 0 Å². The van der Waals surface area contributed by atoms with Gasteiger partial charge in [-0.2, -0.15) is 0 Å². The van der Waals surface area contributed by atoms with Gasteiger partial charge in [0.15, 0.2) is 38.6 Å². The van der Waals surface area contributed by atoms with Crippen molar-refractivity contribution in [2.45, 2.75) is 191 Å². The van der Waals surface area contributed by atoms with Gasteiger partial charge in [0.05, 0.1) is 0 Å². The second kappa shape index (κ2) is 24.7. The molecule has 0 radical (unpaired) electrons. The fraction of sp³-hybridized carbons (Fsp3) is 0.762. The zero-order valence-corrected chi connectivity index (χ0v) is 37.5. The number of carbonyl (C=O) groups is 4. The zero-order valence-electron chi connectivity index (χ0n) is 36.5. The van der Waals surface area contributed by atoms with E-state index in [9.17, 15) is 33.9 Å². The second-order valence-electron chi connectivity index (χ2n) is 17.1. The van der Waals surface area contributed by atoms with Crippen molar-refractivity contribution in [1.29, 1.82) is 0 Å². The number of unbranched alkanes of at least 4 members (excludes halogenated alkanes) is 12. The number of H-pyrrole nitrogens is 1. The van der Waals surface area contributed by atoms with Gasteiger partial charge in [0.2, 0.25) is 18.1 Å². The van der Waals surface area contributed by atoms with Gasteiger partial charge in [-0.3, -0.25) is 33.5 Å². The number of nitrogens with two attached hydrogens (primary N) is 1.